The van der Waals surface area contributed by atoms with Crippen LogP contribution < -0.4 is 5.73 Å². The number of hydrogen-bond acceptors (Lipinski definition) is 4. The quantitative estimate of drug-likeness (QED) is 0.850. The van der Waals surface area contributed by atoms with Crippen LogP contribution in [0.1, 0.15) is 12.0 Å². The zero-order valence-corrected chi connectivity index (χ0v) is 13.5. The summed E-state index contributed by atoms with van der Waals surface area (Å²) in [5, 5.41) is 0. The fourth-order valence-corrected chi connectivity index (χ4v) is 3.20. The highest BCUT2D eigenvalue weighted by molar-refractivity contribution is 5.91. The number of halogens is 1. The Morgan fingerprint density at radius 3 is 2.50 bits per heavy atom. The summed E-state index contributed by atoms with van der Waals surface area (Å²) < 4.78 is 18.4. The predicted octanol–water partition coefficient (Wildman–Crippen LogP) is 0.155. The number of morpholine rings is 1. The van der Waals surface area contributed by atoms with Crippen molar-refractivity contribution in [3.63, 3.8) is 0 Å². The molecule has 2 aliphatic heterocycles. The average Bonchev–Trinajstić information content (AvgIpc) is 2.94. The van der Waals surface area contributed by atoms with Gasteiger partial charge in [0.15, 0.2) is 0 Å². The number of carbonyl (C=O) groups is 2. The number of amides is 2. The minimum absolute atomic E-state index is 0.0925. The molecule has 2 unspecified atom stereocenters. The van der Waals surface area contributed by atoms with Gasteiger partial charge in [0.05, 0.1) is 19.3 Å². The second kappa shape index (κ2) is 7.27. The highest BCUT2D eigenvalue weighted by atomic mass is 19.1. The van der Waals surface area contributed by atoms with Crippen LogP contribution in [0.15, 0.2) is 24.3 Å². The summed E-state index contributed by atoms with van der Waals surface area (Å²) in [7, 11) is 0. The summed E-state index contributed by atoms with van der Waals surface area (Å²) in [5.74, 6) is -0.608. The van der Waals surface area contributed by atoms with Gasteiger partial charge in [0, 0.05) is 26.1 Å². The molecule has 1 aromatic rings. The summed E-state index contributed by atoms with van der Waals surface area (Å²) in [6, 6.07) is 4.88. The molecule has 6 nitrogen and oxygen atoms in total. The largest absolute Gasteiger partial charge is 0.378 e. The van der Waals surface area contributed by atoms with Gasteiger partial charge in [-0.25, -0.2) is 4.39 Å². The van der Waals surface area contributed by atoms with Crippen LogP contribution in [-0.4, -0.2) is 66.5 Å². The summed E-state index contributed by atoms with van der Waals surface area (Å²) in [4.78, 5) is 28.6. The van der Waals surface area contributed by atoms with Crippen molar-refractivity contribution < 1.29 is 18.7 Å². The number of hydrogen-bond donors (Lipinski definition) is 1. The van der Waals surface area contributed by atoms with Crippen molar-refractivity contribution in [3.05, 3.63) is 35.6 Å². The lowest BCUT2D eigenvalue weighted by molar-refractivity contribution is -0.146. The summed E-state index contributed by atoms with van der Waals surface area (Å²) >= 11 is 0. The molecule has 2 aliphatic rings. The first-order valence-corrected chi connectivity index (χ1v) is 8.23. The van der Waals surface area contributed by atoms with Crippen LogP contribution in [0.5, 0.6) is 0 Å². The molecule has 130 valence electrons. The SMILES string of the molecule is NC1CCN(C(Cc2ccc(F)cc2)C(=O)N2CCOCC2)C1=O. The summed E-state index contributed by atoms with van der Waals surface area (Å²) in [6.45, 7) is 2.52. The number of likely N-dealkylation sites (tertiary alicyclic amines) is 1. The standard InChI is InChI=1S/C17H22FN3O3/c18-13-3-1-12(2-4-13)11-15(21-6-5-14(19)16(21)22)17(23)20-7-9-24-10-8-20/h1-4,14-15H,5-11,19H2. The lowest BCUT2D eigenvalue weighted by Crippen LogP contribution is -2.54. The Morgan fingerprint density at radius 2 is 1.92 bits per heavy atom. The Kier molecular flexibility index (Phi) is 5.11. The molecule has 2 heterocycles. The minimum Gasteiger partial charge on any atom is -0.378 e. The smallest absolute Gasteiger partial charge is 0.245 e. The molecule has 0 radical (unpaired) electrons. The van der Waals surface area contributed by atoms with E-state index in [1.165, 1.54) is 12.1 Å². The van der Waals surface area contributed by atoms with E-state index in [0.29, 0.717) is 45.7 Å². The van der Waals surface area contributed by atoms with Gasteiger partial charge < -0.3 is 20.3 Å². The zero-order chi connectivity index (χ0) is 17.1. The summed E-state index contributed by atoms with van der Waals surface area (Å²) in [5.41, 5.74) is 6.63. The van der Waals surface area contributed by atoms with Crippen molar-refractivity contribution in [2.24, 2.45) is 5.73 Å². The Hall–Kier alpha value is -1.99. The van der Waals surface area contributed by atoms with Crippen LogP contribution in [0.3, 0.4) is 0 Å². The minimum atomic E-state index is -0.602. The highest BCUT2D eigenvalue weighted by Crippen LogP contribution is 2.19. The zero-order valence-electron chi connectivity index (χ0n) is 13.5. The van der Waals surface area contributed by atoms with Crippen molar-refractivity contribution in [1.82, 2.24) is 9.80 Å². The van der Waals surface area contributed by atoms with Crippen LogP contribution in [0.25, 0.3) is 0 Å². The van der Waals surface area contributed by atoms with Crippen LogP contribution in [-0.2, 0) is 20.7 Å². The van der Waals surface area contributed by atoms with Gasteiger partial charge >= 0.3 is 0 Å². The first-order chi connectivity index (χ1) is 11.6. The van der Waals surface area contributed by atoms with Crippen molar-refractivity contribution in [2.75, 3.05) is 32.8 Å². The van der Waals surface area contributed by atoms with Crippen LogP contribution in [0, 0.1) is 5.82 Å². The van der Waals surface area contributed by atoms with E-state index in [1.807, 2.05) is 0 Å². The van der Waals surface area contributed by atoms with Gasteiger partial charge in [0.2, 0.25) is 11.8 Å². The number of ether oxygens (including phenoxy) is 1. The fraction of sp³-hybridized carbons (Fsp3) is 0.529. The Labute approximate surface area is 140 Å². The molecule has 7 heteroatoms. The van der Waals surface area contributed by atoms with Crippen molar-refractivity contribution in [1.29, 1.82) is 0 Å². The maximum atomic E-state index is 13.1. The van der Waals surface area contributed by atoms with E-state index in [9.17, 15) is 14.0 Å². The molecule has 2 saturated heterocycles. The molecule has 3 rings (SSSR count). The molecular weight excluding hydrogens is 313 g/mol. The number of benzene rings is 1. The van der Waals surface area contributed by atoms with Gasteiger partial charge in [-0.15, -0.1) is 0 Å². The van der Waals surface area contributed by atoms with Crippen LogP contribution in [0.4, 0.5) is 4.39 Å². The molecule has 0 bridgehead atoms. The van der Waals surface area contributed by atoms with Gasteiger partial charge in [-0.2, -0.15) is 0 Å². The van der Waals surface area contributed by atoms with Crippen LogP contribution in [0.2, 0.25) is 0 Å². The molecule has 2 N–H and O–H groups in total. The van der Waals surface area contributed by atoms with E-state index in [2.05, 4.69) is 0 Å². The van der Waals surface area contributed by atoms with E-state index in [1.54, 1.807) is 21.9 Å². The fourth-order valence-electron chi connectivity index (χ4n) is 3.20. The molecule has 0 spiro atoms. The Balaban J connectivity index is 1.81. The lowest BCUT2D eigenvalue weighted by atomic mass is 10.0. The monoisotopic (exact) mass is 335 g/mol. The third kappa shape index (κ3) is 3.57. The van der Waals surface area contributed by atoms with Gasteiger partial charge in [0.1, 0.15) is 11.9 Å². The molecule has 0 aromatic heterocycles. The second-order valence-electron chi connectivity index (χ2n) is 6.21. The molecule has 2 atom stereocenters. The normalized spacial score (nSPS) is 22.8. The average molecular weight is 335 g/mol. The molecule has 2 amide bonds. The predicted molar refractivity (Wildman–Crippen MR) is 85.6 cm³/mol. The van der Waals surface area contributed by atoms with Crippen LogP contribution >= 0.6 is 0 Å². The van der Waals surface area contributed by atoms with E-state index < -0.39 is 12.1 Å². The lowest BCUT2D eigenvalue weighted by Gasteiger charge is -2.34. The molecule has 1 aromatic carbocycles. The molecule has 2 fully saturated rings. The van der Waals surface area contributed by atoms with E-state index in [0.717, 1.165) is 5.56 Å². The number of carbonyl (C=O) groups excluding carboxylic acids is 2. The third-order valence-electron chi connectivity index (χ3n) is 4.61. The van der Waals surface area contributed by atoms with Crippen molar-refractivity contribution in [3.8, 4) is 0 Å². The molecule has 0 saturated carbocycles. The Morgan fingerprint density at radius 1 is 1.25 bits per heavy atom. The van der Waals surface area contributed by atoms with E-state index >= 15 is 0 Å². The first-order valence-electron chi connectivity index (χ1n) is 8.23. The summed E-state index contributed by atoms with van der Waals surface area (Å²) in [6.07, 6.45) is 0.907. The topological polar surface area (TPSA) is 75.9 Å². The number of nitrogens with zero attached hydrogens (tertiary/aromatic N) is 2. The molecule has 24 heavy (non-hydrogen) atoms. The maximum Gasteiger partial charge on any atom is 0.245 e. The number of nitrogens with two attached hydrogens (primary N) is 1. The van der Waals surface area contributed by atoms with Gasteiger partial charge in [0.25, 0.3) is 0 Å². The third-order valence-corrected chi connectivity index (χ3v) is 4.61. The van der Waals surface area contributed by atoms with Gasteiger partial charge in [-0.1, -0.05) is 12.1 Å². The Bertz CT molecular complexity index is 602. The number of rotatable bonds is 4. The molecular formula is C17H22FN3O3. The maximum absolute atomic E-state index is 13.1. The van der Waals surface area contributed by atoms with Crippen molar-refractivity contribution >= 4 is 11.8 Å². The highest BCUT2D eigenvalue weighted by Gasteiger charge is 2.39. The van der Waals surface area contributed by atoms with Gasteiger partial charge in [-0.05, 0) is 24.1 Å². The first kappa shape index (κ1) is 16.9. The second-order valence-corrected chi connectivity index (χ2v) is 6.21. The van der Waals surface area contributed by atoms with E-state index in [-0.39, 0.29) is 17.6 Å². The van der Waals surface area contributed by atoms with Crippen molar-refractivity contribution in [2.45, 2.75) is 24.9 Å². The van der Waals surface area contributed by atoms with Gasteiger partial charge in [-0.3, -0.25) is 9.59 Å². The van der Waals surface area contributed by atoms with E-state index in [4.69, 9.17) is 10.5 Å². The molecule has 0 aliphatic carbocycles.